The van der Waals surface area contributed by atoms with Gasteiger partial charge in [0.1, 0.15) is 4.21 Å². The van der Waals surface area contributed by atoms with E-state index >= 15 is 0 Å². The molecule has 1 aliphatic carbocycles. The van der Waals surface area contributed by atoms with E-state index in [0.29, 0.717) is 29.1 Å². The molecule has 100 valence electrons. The number of rotatable bonds is 2. The fourth-order valence-corrected chi connectivity index (χ4v) is 6.73. The van der Waals surface area contributed by atoms with E-state index in [1.54, 1.807) is 16.4 Å². The predicted molar refractivity (Wildman–Crippen MR) is 75.0 cm³/mol. The van der Waals surface area contributed by atoms with Crippen LogP contribution in [0.25, 0.3) is 0 Å². The van der Waals surface area contributed by atoms with Gasteiger partial charge in [-0.1, -0.05) is 0 Å². The first-order valence-corrected chi connectivity index (χ1v) is 9.04. The Labute approximate surface area is 119 Å². The third kappa shape index (κ3) is 2.06. The van der Waals surface area contributed by atoms with Crippen LogP contribution in [-0.2, 0) is 10.0 Å². The second kappa shape index (κ2) is 4.56. The van der Waals surface area contributed by atoms with Crippen molar-refractivity contribution in [3.63, 3.8) is 0 Å². The van der Waals surface area contributed by atoms with Crippen LogP contribution in [0.4, 0.5) is 0 Å². The van der Waals surface area contributed by atoms with Crippen molar-refractivity contribution in [2.45, 2.75) is 23.1 Å². The lowest BCUT2D eigenvalue weighted by molar-refractivity contribution is 0.428. The third-order valence-corrected chi connectivity index (χ3v) is 7.94. The van der Waals surface area contributed by atoms with Gasteiger partial charge in [-0.05, 0) is 52.7 Å². The van der Waals surface area contributed by atoms with Crippen LogP contribution >= 0.6 is 27.3 Å². The van der Waals surface area contributed by atoms with Crippen LogP contribution in [-0.4, -0.2) is 31.9 Å². The lowest BCUT2D eigenvalue weighted by Gasteiger charge is -2.17. The average Bonchev–Trinajstić information content (AvgIpc) is 2.96. The fraction of sp³-hybridized carbons (Fsp3) is 0.636. The van der Waals surface area contributed by atoms with E-state index in [-0.39, 0.29) is 6.04 Å². The standard InChI is InChI=1S/C11H15BrN2O2S2/c12-10-3-4-11(17-10)18(15,16)14-5-7-1-2-9(13)8(7)6-14/h3-4,7-9H,1-2,5-6,13H2. The van der Waals surface area contributed by atoms with Crippen LogP contribution in [0.5, 0.6) is 0 Å². The van der Waals surface area contributed by atoms with Gasteiger partial charge in [0.2, 0.25) is 0 Å². The molecule has 0 radical (unpaired) electrons. The normalized spacial score (nSPS) is 32.9. The average molecular weight is 351 g/mol. The molecule has 1 saturated carbocycles. The summed E-state index contributed by atoms with van der Waals surface area (Å²) in [6.07, 6.45) is 2.10. The highest BCUT2D eigenvalue weighted by molar-refractivity contribution is 9.11. The molecule has 2 fully saturated rings. The Balaban J connectivity index is 1.84. The number of fused-ring (bicyclic) bond motifs is 1. The summed E-state index contributed by atoms with van der Waals surface area (Å²) in [6.45, 7) is 1.22. The van der Waals surface area contributed by atoms with Crippen LogP contribution in [0.1, 0.15) is 12.8 Å². The van der Waals surface area contributed by atoms with Crippen LogP contribution in [0, 0.1) is 11.8 Å². The molecule has 1 aromatic rings. The van der Waals surface area contributed by atoms with Crippen molar-refractivity contribution in [1.82, 2.24) is 4.31 Å². The third-order valence-electron chi connectivity index (χ3n) is 4.02. The van der Waals surface area contributed by atoms with Gasteiger partial charge >= 0.3 is 0 Å². The van der Waals surface area contributed by atoms with E-state index in [1.165, 1.54) is 11.3 Å². The molecule has 2 aliphatic rings. The number of nitrogens with zero attached hydrogens (tertiary/aromatic N) is 1. The first kappa shape index (κ1) is 13.1. The summed E-state index contributed by atoms with van der Waals surface area (Å²) in [5.74, 6) is 0.807. The maximum atomic E-state index is 12.5. The minimum absolute atomic E-state index is 0.172. The Morgan fingerprint density at radius 3 is 2.72 bits per heavy atom. The van der Waals surface area contributed by atoms with Crippen LogP contribution in [0.3, 0.4) is 0 Å². The molecule has 7 heteroatoms. The summed E-state index contributed by atoms with van der Waals surface area (Å²) < 4.78 is 27.8. The van der Waals surface area contributed by atoms with Crippen LogP contribution in [0.15, 0.2) is 20.1 Å². The molecule has 2 N–H and O–H groups in total. The molecule has 18 heavy (non-hydrogen) atoms. The van der Waals surface area contributed by atoms with Gasteiger partial charge in [0.05, 0.1) is 3.79 Å². The van der Waals surface area contributed by atoms with E-state index in [0.717, 1.165) is 16.6 Å². The molecule has 2 heterocycles. The summed E-state index contributed by atoms with van der Waals surface area (Å²) in [5, 5.41) is 0. The highest BCUT2D eigenvalue weighted by Gasteiger charge is 2.45. The van der Waals surface area contributed by atoms with Crippen molar-refractivity contribution in [3.05, 3.63) is 15.9 Å². The van der Waals surface area contributed by atoms with Crippen molar-refractivity contribution >= 4 is 37.3 Å². The monoisotopic (exact) mass is 350 g/mol. The van der Waals surface area contributed by atoms with E-state index in [4.69, 9.17) is 5.73 Å². The number of halogens is 1. The predicted octanol–water partition coefficient (Wildman–Crippen LogP) is 1.87. The largest absolute Gasteiger partial charge is 0.327 e. The van der Waals surface area contributed by atoms with Crippen molar-refractivity contribution in [3.8, 4) is 0 Å². The highest BCUT2D eigenvalue weighted by Crippen LogP contribution is 2.40. The first-order chi connectivity index (χ1) is 8.48. The fourth-order valence-electron chi connectivity index (χ4n) is 3.03. The molecule has 0 bridgehead atoms. The number of hydrogen-bond donors (Lipinski definition) is 1. The zero-order valence-corrected chi connectivity index (χ0v) is 13.0. The summed E-state index contributed by atoms with van der Waals surface area (Å²) in [6, 6.07) is 3.61. The second-order valence-corrected chi connectivity index (χ2v) is 9.67. The van der Waals surface area contributed by atoms with E-state index in [2.05, 4.69) is 15.9 Å². The molecular weight excluding hydrogens is 336 g/mol. The Bertz CT molecular complexity index is 557. The molecule has 0 aromatic carbocycles. The quantitative estimate of drug-likeness (QED) is 0.885. The number of nitrogens with two attached hydrogens (primary N) is 1. The first-order valence-electron chi connectivity index (χ1n) is 5.99. The number of thiophene rings is 1. The SMILES string of the molecule is NC1CCC2CN(S(=O)(=O)c3ccc(Br)s3)CC12. The molecule has 0 amide bonds. The Hall–Kier alpha value is 0.0500. The van der Waals surface area contributed by atoms with Crippen LogP contribution in [0.2, 0.25) is 0 Å². The van der Waals surface area contributed by atoms with Crippen molar-refractivity contribution in [2.75, 3.05) is 13.1 Å². The molecule has 1 aliphatic heterocycles. The Morgan fingerprint density at radius 1 is 1.33 bits per heavy atom. The van der Waals surface area contributed by atoms with E-state index in [9.17, 15) is 8.42 Å². The molecule has 1 saturated heterocycles. The van der Waals surface area contributed by atoms with Crippen molar-refractivity contribution in [1.29, 1.82) is 0 Å². The van der Waals surface area contributed by atoms with Gasteiger partial charge in [-0.25, -0.2) is 8.42 Å². The minimum atomic E-state index is -3.32. The maximum absolute atomic E-state index is 12.5. The Morgan fingerprint density at radius 2 is 2.11 bits per heavy atom. The molecule has 3 rings (SSSR count). The summed E-state index contributed by atoms with van der Waals surface area (Å²) in [4.78, 5) is 0. The Kier molecular flexibility index (Phi) is 3.30. The van der Waals surface area contributed by atoms with E-state index < -0.39 is 10.0 Å². The summed E-state index contributed by atoms with van der Waals surface area (Å²) in [5.41, 5.74) is 6.04. The molecule has 3 atom stereocenters. The molecule has 0 spiro atoms. The molecular formula is C11H15BrN2O2S2. The van der Waals surface area contributed by atoms with Gasteiger partial charge < -0.3 is 5.73 Å². The topological polar surface area (TPSA) is 63.4 Å². The second-order valence-electron chi connectivity index (χ2n) is 5.05. The van der Waals surface area contributed by atoms with Gasteiger partial charge in [-0.2, -0.15) is 4.31 Å². The van der Waals surface area contributed by atoms with Gasteiger partial charge in [-0.3, -0.25) is 0 Å². The number of hydrogen-bond acceptors (Lipinski definition) is 4. The molecule has 1 aromatic heterocycles. The lowest BCUT2D eigenvalue weighted by Crippen LogP contribution is -2.33. The minimum Gasteiger partial charge on any atom is -0.327 e. The number of sulfonamides is 1. The van der Waals surface area contributed by atoms with E-state index in [1.807, 2.05) is 0 Å². The van der Waals surface area contributed by atoms with Gasteiger partial charge in [0, 0.05) is 19.1 Å². The van der Waals surface area contributed by atoms with Crippen LogP contribution < -0.4 is 5.73 Å². The zero-order chi connectivity index (χ0) is 12.9. The van der Waals surface area contributed by atoms with Crippen molar-refractivity contribution in [2.24, 2.45) is 17.6 Å². The summed E-state index contributed by atoms with van der Waals surface area (Å²) in [7, 11) is -3.32. The van der Waals surface area contributed by atoms with Crippen molar-refractivity contribution < 1.29 is 8.42 Å². The van der Waals surface area contributed by atoms with Gasteiger partial charge in [0.25, 0.3) is 10.0 Å². The zero-order valence-electron chi connectivity index (χ0n) is 9.75. The highest BCUT2D eigenvalue weighted by atomic mass is 79.9. The lowest BCUT2D eigenvalue weighted by atomic mass is 9.98. The smallest absolute Gasteiger partial charge is 0.252 e. The van der Waals surface area contributed by atoms with Gasteiger partial charge in [0.15, 0.2) is 0 Å². The molecule has 4 nitrogen and oxygen atoms in total. The maximum Gasteiger partial charge on any atom is 0.252 e. The molecule has 3 unspecified atom stereocenters. The summed E-state index contributed by atoms with van der Waals surface area (Å²) >= 11 is 4.57. The van der Waals surface area contributed by atoms with Gasteiger partial charge in [-0.15, -0.1) is 11.3 Å².